The standard InChI is InChI=1S/C35H39F3N6O5/c1-34(8-3-10-39-18-34)43-33(47)48-12-2-5-23-26(37)7-6-20-13-22(45)14-24(27(20)23)29-28(38)30-25(16-40-29)31(46)42-32(41-30)49-19-35-9-4-11-44(35)17-21(36)15-35/h6-7,13-14,16,21,39,45H,2-5,8-12,15,17-19H2,1H3,(H,43,47)(H,41,42,46)/t21-,34-,35+/m1/s1. The molecular weight excluding hydrogens is 641 g/mol. The van der Waals surface area contributed by atoms with E-state index in [1.54, 1.807) is 0 Å². The quantitative estimate of drug-likeness (QED) is 0.182. The summed E-state index contributed by atoms with van der Waals surface area (Å²) in [7, 11) is 0. The van der Waals surface area contributed by atoms with E-state index >= 15 is 8.78 Å². The van der Waals surface area contributed by atoms with E-state index in [4.69, 9.17) is 9.47 Å². The highest BCUT2D eigenvalue weighted by atomic mass is 19.1. The fourth-order valence-corrected chi connectivity index (χ4v) is 7.74. The molecule has 5 heterocycles. The Morgan fingerprint density at radius 1 is 1.22 bits per heavy atom. The topological polar surface area (TPSA) is 142 Å². The largest absolute Gasteiger partial charge is 0.508 e. The van der Waals surface area contributed by atoms with Gasteiger partial charge in [-0.15, -0.1) is 0 Å². The minimum atomic E-state index is -0.968. The number of nitrogens with one attached hydrogen (secondary N) is 3. The van der Waals surface area contributed by atoms with Crippen molar-refractivity contribution in [1.82, 2.24) is 30.5 Å². The monoisotopic (exact) mass is 680 g/mol. The fourth-order valence-electron chi connectivity index (χ4n) is 7.74. The van der Waals surface area contributed by atoms with Crippen molar-refractivity contribution in [3.05, 3.63) is 58.0 Å². The summed E-state index contributed by atoms with van der Waals surface area (Å²) in [5.74, 6) is -1.71. The Hall–Kier alpha value is -4.43. The van der Waals surface area contributed by atoms with Gasteiger partial charge in [0.2, 0.25) is 0 Å². The normalized spacial score (nSPS) is 24.0. The van der Waals surface area contributed by atoms with E-state index in [2.05, 4.69) is 30.5 Å². The van der Waals surface area contributed by atoms with Crippen LogP contribution in [-0.4, -0.2) is 87.7 Å². The first-order valence-electron chi connectivity index (χ1n) is 16.7. The number of carbonyl (C=O) groups is 1. The third-order valence-electron chi connectivity index (χ3n) is 10.1. The minimum Gasteiger partial charge on any atom is -0.508 e. The van der Waals surface area contributed by atoms with Gasteiger partial charge in [-0.3, -0.25) is 19.7 Å². The minimum absolute atomic E-state index is 0.0156. The van der Waals surface area contributed by atoms with Gasteiger partial charge < -0.3 is 25.2 Å². The lowest BCUT2D eigenvalue weighted by Crippen LogP contribution is -2.55. The van der Waals surface area contributed by atoms with Gasteiger partial charge in [0.05, 0.1) is 23.1 Å². The van der Waals surface area contributed by atoms with E-state index in [0.29, 0.717) is 30.3 Å². The maximum absolute atomic E-state index is 16.4. The number of piperidine rings is 1. The Balaban J connectivity index is 1.16. The second kappa shape index (κ2) is 13.1. The molecule has 260 valence electrons. The van der Waals surface area contributed by atoms with Gasteiger partial charge in [0, 0.05) is 31.3 Å². The molecule has 3 saturated heterocycles. The number of aromatic hydroxyl groups is 1. The first kappa shape index (κ1) is 33.1. The highest BCUT2D eigenvalue weighted by Crippen LogP contribution is 2.41. The average molecular weight is 681 g/mol. The molecule has 0 saturated carbocycles. The predicted octanol–water partition coefficient (Wildman–Crippen LogP) is 4.88. The summed E-state index contributed by atoms with van der Waals surface area (Å²) in [5, 5.41) is 17.4. The average Bonchev–Trinajstić information content (AvgIpc) is 3.59. The van der Waals surface area contributed by atoms with Crippen LogP contribution in [0.3, 0.4) is 0 Å². The van der Waals surface area contributed by atoms with Crippen molar-refractivity contribution in [3.8, 4) is 23.0 Å². The summed E-state index contributed by atoms with van der Waals surface area (Å²) < 4.78 is 57.4. The Kier molecular flexibility index (Phi) is 8.86. The molecule has 11 nitrogen and oxygen atoms in total. The van der Waals surface area contributed by atoms with Gasteiger partial charge in [-0.05, 0) is 93.1 Å². The Morgan fingerprint density at radius 2 is 2.08 bits per heavy atom. The van der Waals surface area contributed by atoms with Gasteiger partial charge in [-0.2, -0.15) is 4.98 Å². The number of aryl methyl sites for hydroxylation is 1. The first-order chi connectivity index (χ1) is 23.5. The second-order valence-electron chi connectivity index (χ2n) is 13.7. The SMILES string of the molecule is C[C@@]1(NC(=O)OCCCc2c(F)ccc3cc(O)cc(-c4ncc5c(=O)[nH]c(OC[C@@]67CCCN6C[C@H](F)C7)nc5c4F)c23)CCCNC1. The highest BCUT2D eigenvalue weighted by molar-refractivity contribution is 6.01. The van der Waals surface area contributed by atoms with Crippen molar-refractivity contribution in [2.75, 3.05) is 39.4 Å². The molecule has 0 aliphatic carbocycles. The Labute approximate surface area is 280 Å². The number of phenolic OH excluding ortho intramolecular Hbond substituents is 1. The van der Waals surface area contributed by atoms with Crippen molar-refractivity contribution in [2.45, 2.75) is 69.1 Å². The number of hydrogen-bond acceptors (Lipinski definition) is 9. The summed E-state index contributed by atoms with van der Waals surface area (Å²) in [6.07, 6.45) is 3.78. The fraction of sp³-hybridized carbons (Fsp3) is 0.486. The van der Waals surface area contributed by atoms with Crippen LogP contribution in [0.25, 0.3) is 32.9 Å². The van der Waals surface area contributed by atoms with Gasteiger partial charge in [0.25, 0.3) is 11.6 Å². The van der Waals surface area contributed by atoms with Crippen LogP contribution in [0, 0.1) is 11.6 Å². The number of ether oxygens (including phenoxy) is 2. The van der Waals surface area contributed by atoms with Gasteiger partial charge in [-0.1, -0.05) is 6.07 Å². The third-order valence-corrected chi connectivity index (χ3v) is 10.1. The van der Waals surface area contributed by atoms with Crippen molar-refractivity contribution in [3.63, 3.8) is 0 Å². The van der Waals surface area contributed by atoms with E-state index in [0.717, 1.165) is 38.8 Å². The molecule has 0 spiro atoms. The van der Waals surface area contributed by atoms with Crippen LogP contribution < -0.4 is 20.9 Å². The number of benzene rings is 2. The number of aromatic nitrogens is 3. The zero-order valence-corrected chi connectivity index (χ0v) is 27.2. The highest BCUT2D eigenvalue weighted by Gasteiger charge is 2.49. The molecule has 49 heavy (non-hydrogen) atoms. The number of H-pyrrole nitrogens is 1. The Morgan fingerprint density at radius 3 is 2.90 bits per heavy atom. The number of hydrogen-bond donors (Lipinski definition) is 4. The van der Waals surface area contributed by atoms with Crippen molar-refractivity contribution >= 4 is 27.8 Å². The maximum Gasteiger partial charge on any atom is 0.407 e. The number of phenols is 1. The molecule has 7 rings (SSSR count). The van der Waals surface area contributed by atoms with E-state index in [1.165, 1.54) is 30.5 Å². The molecule has 0 bridgehead atoms. The molecule has 14 heteroatoms. The van der Waals surface area contributed by atoms with Crippen LogP contribution in [-0.2, 0) is 11.2 Å². The Bertz CT molecular complexity index is 1970. The number of alkyl halides is 1. The molecule has 3 fully saturated rings. The lowest BCUT2D eigenvalue weighted by molar-refractivity contribution is 0.107. The molecular formula is C35H39F3N6O5. The molecule has 3 aliphatic heterocycles. The molecule has 3 aliphatic rings. The zero-order valence-electron chi connectivity index (χ0n) is 27.2. The van der Waals surface area contributed by atoms with Crippen LogP contribution in [0.15, 0.2) is 35.3 Å². The maximum atomic E-state index is 16.4. The lowest BCUT2D eigenvalue weighted by Gasteiger charge is -2.34. The number of nitrogens with zero attached hydrogens (tertiary/aromatic N) is 3. The van der Waals surface area contributed by atoms with Crippen LogP contribution in [0.4, 0.5) is 18.0 Å². The van der Waals surface area contributed by atoms with Crippen molar-refractivity contribution in [1.29, 1.82) is 0 Å². The number of aromatic amines is 1. The summed E-state index contributed by atoms with van der Waals surface area (Å²) >= 11 is 0. The van der Waals surface area contributed by atoms with E-state index < -0.39 is 40.5 Å². The summed E-state index contributed by atoms with van der Waals surface area (Å²) in [6.45, 7) is 4.67. The number of halogens is 3. The molecule has 1 amide bonds. The van der Waals surface area contributed by atoms with Crippen LogP contribution in [0.1, 0.15) is 51.0 Å². The van der Waals surface area contributed by atoms with Crippen molar-refractivity contribution < 1.29 is 32.5 Å². The molecule has 3 atom stereocenters. The summed E-state index contributed by atoms with van der Waals surface area (Å²) in [5.41, 5.74) is -1.81. The van der Waals surface area contributed by atoms with Gasteiger partial charge in [-0.25, -0.2) is 18.0 Å². The number of alkyl carbamates (subject to hydrolysis) is 1. The van der Waals surface area contributed by atoms with Gasteiger partial charge >= 0.3 is 6.09 Å². The molecule has 4 N–H and O–H groups in total. The molecule has 2 aromatic carbocycles. The molecule has 0 radical (unpaired) electrons. The third kappa shape index (κ3) is 6.51. The summed E-state index contributed by atoms with van der Waals surface area (Å²) in [6, 6.07) is 5.26. The number of carbonyl (C=O) groups excluding carboxylic acids is 1. The first-order valence-corrected chi connectivity index (χ1v) is 16.7. The molecule has 4 aromatic rings. The lowest BCUT2D eigenvalue weighted by atomic mass is 9.93. The number of amides is 1. The predicted molar refractivity (Wildman–Crippen MR) is 177 cm³/mol. The number of pyridine rings is 1. The van der Waals surface area contributed by atoms with Crippen molar-refractivity contribution in [2.24, 2.45) is 0 Å². The molecule has 2 aromatic heterocycles. The van der Waals surface area contributed by atoms with Crippen LogP contribution in [0.5, 0.6) is 11.8 Å². The smallest absolute Gasteiger partial charge is 0.407 e. The number of fused-ring (bicyclic) bond motifs is 3. The summed E-state index contributed by atoms with van der Waals surface area (Å²) in [4.78, 5) is 38.5. The van der Waals surface area contributed by atoms with Crippen LogP contribution >= 0.6 is 0 Å². The van der Waals surface area contributed by atoms with E-state index in [-0.39, 0.29) is 65.5 Å². The molecule has 0 unspecified atom stereocenters. The van der Waals surface area contributed by atoms with Gasteiger partial charge in [0.1, 0.15) is 35.6 Å². The van der Waals surface area contributed by atoms with E-state index in [9.17, 15) is 19.1 Å². The van der Waals surface area contributed by atoms with Crippen LogP contribution in [0.2, 0.25) is 0 Å². The number of rotatable bonds is 9. The second-order valence-corrected chi connectivity index (χ2v) is 13.7. The van der Waals surface area contributed by atoms with E-state index in [1.807, 2.05) is 6.92 Å². The van der Waals surface area contributed by atoms with Gasteiger partial charge in [0.15, 0.2) is 5.82 Å². The zero-order chi connectivity index (χ0) is 34.3.